The van der Waals surface area contributed by atoms with Crippen LogP contribution in [0.2, 0.25) is 0 Å². The average molecular weight is 531 g/mol. The fraction of sp³-hybridized carbons (Fsp3) is 0.375. The van der Waals surface area contributed by atoms with Crippen LogP contribution < -0.4 is 5.32 Å². The summed E-state index contributed by atoms with van der Waals surface area (Å²) in [6, 6.07) is 25.6. The number of benzene rings is 3. The number of fused-ring (bicyclic) bond motifs is 3. The molecule has 39 heavy (non-hydrogen) atoms. The van der Waals surface area contributed by atoms with Gasteiger partial charge in [-0.3, -0.25) is 4.79 Å². The minimum absolute atomic E-state index is 0.0466. The lowest BCUT2D eigenvalue weighted by molar-refractivity contribution is -0.159. The molecule has 1 atom stereocenters. The van der Waals surface area contributed by atoms with Crippen molar-refractivity contribution in [2.45, 2.75) is 45.4 Å². The molecule has 1 N–H and O–H groups in total. The minimum Gasteiger partial charge on any atom is -0.449 e. The molecular weight excluding hydrogens is 492 g/mol. The summed E-state index contributed by atoms with van der Waals surface area (Å²) in [5.74, 6) is -0.265. The molecule has 3 aromatic rings. The van der Waals surface area contributed by atoms with Crippen LogP contribution in [-0.2, 0) is 25.4 Å². The van der Waals surface area contributed by atoms with Crippen LogP contribution in [0.3, 0.4) is 0 Å². The van der Waals surface area contributed by atoms with Gasteiger partial charge >= 0.3 is 6.09 Å². The van der Waals surface area contributed by atoms with E-state index in [4.69, 9.17) is 14.2 Å². The number of carbonyl (C=O) groups is 2. The Hall–Kier alpha value is -3.68. The summed E-state index contributed by atoms with van der Waals surface area (Å²) < 4.78 is 17.1. The Labute approximate surface area is 231 Å². The molecular formula is C32H38N2O5. The van der Waals surface area contributed by atoms with Gasteiger partial charge in [0, 0.05) is 25.7 Å². The zero-order valence-corrected chi connectivity index (χ0v) is 23.0. The Kier molecular flexibility index (Phi) is 10.1. The van der Waals surface area contributed by atoms with E-state index in [1.54, 1.807) is 11.8 Å². The van der Waals surface area contributed by atoms with Gasteiger partial charge in [0.05, 0.1) is 6.54 Å². The highest BCUT2D eigenvalue weighted by molar-refractivity contribution is 5.85. The summed E-state index contributed by atoms with van der Waals surface area (Å²) in [5.41, 5.74) is 5.73. The fourth-order valence-corrected chi connectivity index (χ4v) is 5.06. The highest BCUT2D eigenvalue weighted by atomic mass is 16.7. The van der Waals surface area contributed by atoms with Gasteiger partial charge in [-0.05, 0) is 55.0 Å². The van der Waals surface area contributed by atoms with Crippen molar-refractivity contribution in [3.8, 4) is 11.1 Å². The van der Waals surface area contributed by atoms with Crippen molar-refractivity contribution in [3.63, 3.8) is 0 Å². The van der Waals surface area contributed by atoms with Gasteiger partial charge in [0.2, 0.25) is 5.91 Å². The normalized spacial score (nSPS) is 13.0. The minimum atomic E-state index is -0.777. The molecule has 3 aromatic carbocycles. The van der Waals surface area contributed by atoms with Gasteiger partial charge in [0.25, 0.3) is 0 Å². The third-order valence-corrected chi connectivity index (χ3v) is 6.95. The second-order valence-electron chi connectivity index (χ2n) is 9.55. The smallest absolute Gasteiger partial charge is 0.407 e. The zero-order chi connectivity index (χ0) is 27.6. The summed E-state index contributed by atoms with van der Waals surface area (Å²) in [5, 5.41) is 2.73. The van der Waals surface area contributed by atoms with Gasteiger partial charge in [0.15, 0.2) is 6.29 Å². The van der Waals surface area contributed by atoms with E-state index in [1.165, 1.54) is 0 Å². The second-order valence-corrected chi connectivity index (χ2v) is 9.55. The van der Waals surface area contributed by atoms with Gasteiger partial charge < -0.3 is 24.4 Å². The Balaban J connectivity index is 1.38. The first-order chi connectivity index (χ1) is 19.0. The molecule has 0 saturated heterocycles. The molecule has 2 amide bonds. The van der Waals surface area contributed by atoms with Crippen molar-refractivity contribution < 1.29 is 23.8 Å². The monoisotopic (exact) mass is 530 g/mol. The molecule has 0 unspecified atom stereocenters. The predicted octanol–water partition coefficient (Wildman–Crippen LogP) is 5.38. The molecule has 7 nitrogen and oxygen atoms in total. The fourth-order valence-electron chi connectivity index (χ4n) is 5.06. The summed E-state index contributed by atoms with van der Waals surface area (Å²) in [7, 11) is 0. The largest absolute Gasteiger partial charge is 0.449 e. The van der Waals surface area contributed by atoms with Gasteiger partial charge in [-0.1, -0.05) is 78.9 Å². The third-order valence-electron chi connectivity index (χ3n) is 6.95. The molecule has 0 radical (unpaired) electrons. The Morgan fingerprint density at radius 1 is 0.846 bits per heavy atom. The van der Waals surface area contributed by atoms with Gasteiger partial charge in [-0.15, -0.1) is 0 Å². The number of alkyl carbamates (subject to hydrolysis) is 1. The van der Waals surface area contributed by atoms with E-state index < -0.39 is 18.4 Å². The number of hydrogen-bond donors (Lipinski definition) is 1. The van der Waals surface area contributed by atoms with Crippen LogP contribution in [0, 0.1) is 0 Å². The van der Waals surface area contributed by atoms with Crippen molar-refractivity contribution in [2.24, 2.45) is 0 Å². The molecule has 1 aliphatic rings. The SMILES string of the molecule is CCOC(CN(CCc1ccccc1)C(=O)[C@H](C)NC(=O)OCC1c2ccccc2-c2ccccc21)OCC. The van der Waals surface area contributed by atoms with Crippen LogP contribution in [0.25, 0.3) is 11.1 Å². The molecule has 206 valence electrons. The number of ether oxygens (including phenoxy) is 3. The average Bonchev–Trinajstić information content (AvgIpc) is 3.28. The number of nitrogens with zero attached hydrogens (tertiary/aromatic N) is 1. The number of carbonyl (C=O) groups excluding carboxylic acids is 2. The summed E-state index contributed by atoms with van der Waals surface area (Å²) in [6.07, 6.45) is -0.483. The summed E-state index contributed by atoms with van der Waals surface area (Å²) in [4.78, 5) is 28.0. The second kappa shape index (κ2) is 13.9. The van der Waals surface area contributed by atoms with Crippen LogP contribution >= 0.6 is 0 Å². The van der Waals surface area contributed by atoms with Crippen molar-refractivity contribution >= 4 is 12.0 Å². The number of nitrogens with one attached hydrogen (secondary N) is 1. The molecule has 1 aliphatic carbocycles. The molecule has 0 bridgehead atoms. The van der Waals surface area contributed by atoms with E-state index in [2.05, 4.69) is 29.6 Å². The lowest BCUT2D eigenvalue weighted by atomic mass is 9.98. The highest BCUT2D eigenvalue weighted by Gasteiger charge is 2.30. The predicted molar refractivity (Wildman–Crippen MR) is 151 cm³/mol. The zero-order valence-electron chi connectivity index (χ0n) is 23.0. The maximum atomic E-state index is 13.5. The standard InChI is InChI=1S/C32H38N2O5/c1-4-37-30(38-5-2)21-34(20-19-24-13-7-6-8-14-24)31(35)23(3)33-32(36)39-22-29-27-17-11-9-15-25(27)26-16-10-12-18-28(26)29/h6-18,23,29-30H,4-5,19-22H2,1-3H3,(H,33,36)/t23-/m0/s1. The van der Waals surface area contributed by atoms with E-state index in [0.717, 1.165) is 27.8 Å². The lowest BCUT2D eigenvalue weighted by Gasteiger charge is -2.30. The topological polar surface area (TPSA) is 77.1 Å². The van der Waals surface area contributed by atoms with Crippen molar-refractivity contribution in [1.29, 1.82) is 0 Å². The molecule has 0 spiro atoms. The first-order valence-corrected chi connectivity index (χ1v) is 13.7. The van der Waals surface area contributed by atoms with Crippen LogP contribution in [-0.4, -0.2) is 62.1 Å². The lowest BCUT2D eigenvalue weighted by Crippen LogP contribution is -2.50. The van der Waals surface area contributed by atoms with E-state index in [9.17, 15) is 9.59 Å². The van der Waals surface area contributed by atoms with Crippen LogP contribution in [0.1, 0.15) is 43.4 Å². The maximum absolute atomic E-state index is 13.5. The number of rotatable bonds is 13. The van der Waals surface area contributed by atoms with Crippen LogP contribution in [0.5, 0.6) is 0 Å². The Bertz CT molecular complexity index is 1180. The highest BCUT2D eigenvalue weighted by Crippen LogP contribution is 2.44. The van der Waals surface area contributed by atoms with Crippen LogP contribution in [0.4, 0.5) is 4.79 Å². The van der Waals surface area contributed by atoms with Crippen LogP contribution in [0.15, 0.2) is 78.9 Å². The van der Waals surface area contributed by atoms with Gasteiger partial charge in [-0.25, -0.2) is 4.79 Å². The first kappa shape index (κ1) is 28.3. The molecule has 0 saturated carbocycles. The maximum Gasteiger partial charge on any atom is 0.407 e. The molecule has 0 fully saturated rings. The van der Waals surface area contributed by atoms with Gasteiger partial charge in [-0.2, -0.15) is 0 Å². The number of amides is 2. The molecule has 0 aliphatic heterocycles. The summed E-state index contributed by atoms with van der Waals surface area (Å²) in [6.45, 7) is 7.33. The molecule has 4 rings (SSSR count). The molecule has 7 heteroatoms. The van der Waals surface area contributed by atoms with E-state index >= 15 is 0 Å². The first-order valence-electron chi connectivity index (χ1n) is 13.7. The van der Waals surface area contributed by atoms with Crippen molar-refractivity contribution in [3.05, 3.63) is 95.6 Å². The quantitative estimate of drug-likeness (QED) is 0.300. The van der Waals surface area contributed by atoms with Gasteiger partial charge in [0.1, 0.15) is 12.6 Å². The number of hydrogen-bond acceptors (Lipinski definition) is 5. The van der Waals surface area contributed by atoms with E-state index in [1.807, 2.05) is 68.4 Å². The Morgan fingerprint density at radius 3 is 2.00 bits per heavy atom. The van der Waals surface area contributed by atoms with E-state index in [0.29, 0.717) is 26.2 Å². The molecule has 0 heterocycles. The third kappa shape index (κ3) is 7.25. The molecule has 0 aromatic heterocycles. The Morgan fingerprint density at radius 2 is 1.41 bits per heavy atom. The summed E-state index contributed by atoms with van der Waals surface area (Å²) >= 11 is 0. The van der Waals surface area contributed by atoms with Crippen molar-refractivity contribution in [1.82, 2.24) is 10.2 Å². The van der Waals surface area contributed by atoms with Crippen molar-refractivity contribution in [2.75, 3.05) is 32.9 Å². The van der Waals surface area contributed by atoms with E-state index in [-0.39, 0.29) is 25.0 Å².